The van der Waals surface area contributed by atoms with E-state index in [0.717, 1.165) is 50.8 Å². The molecule has 0 radical (unpaired) electrons. The Morgan fingerprint density at radius 2 is 1.90 bits per heavy atom. The van der Waals surface area contributed by atoms with Crippen molar-refractivity contribution < 1.29 is 4.79 Å². The van der Waals surface area contributed by atoms with E-state index in [-0.39, 0.29) is 5.91 Å². The molecular weight excluding hydrogens is 307 g/mol. The van der Waals surface area contributed by atoms with Crippen LogP contribution in [0.3, 0.4) is 0 Å². The maximum atomic E-state index is 12.8. The summed E-state index contributed by atoms with van der Waals surface area (Å²) >= 11 is 12.1. The van der Waals surface area contributed by atoms with E-state index in [4.69, 9.17) is 23.2 Å². The molecule has 21 heavy (non-hydrogen) atoms. The molecule has 3 nitrogen and oxygen atoms in total. The Morgan fingerprint density at radius 1 is 1.19 bits per heavy atom. The van der Waals surface area contributed by atoms with Crippen LogP contribution in [0.25, 0.3) is 0 Å². The second-order valence-corrected chi connectivity index (χ2v) is 6.88. The first-order valence-corrected chi connectivity index (χ1v) is 8.35. The van der Waals surface area contributed by atoms with E-state index in [2.05, 4.69) is 10.6 Å². The zero-order chi connectivity index (χ0) is 14.9. The van der Waals surface area contributed by atoms with E-state index in [1.807, 2.05) is 12.1 Å². The SMILES string of the molecule is O=C(NC1CCNCC1)C1(c2ccc(Cl)c(Cl)c2)CCC1. The highest BCUT2D eigenvalue weighted by Crippen LogP contribution is 2.45. The number of hydrogen-bond acceptors (Lipinski definition) is 2. The van der Waals surface area contributed by atoms with Gasteiger partial charge in [-0.25, -0.2) is 0 Å². The van der Waals surface area contributed by atoms with Gasteiger partial charge in [-0.1, -0.05) is 35.7 Å². The molecule has 1 saturated carbocycles. The molecule has 1 aromatic carbocycles. The normalized spacial score (nSPS) is 21.6. The van der Waals surface area contributed by atoms with Crippen LogP contribution in [-0.2, 0) is 10.2 Å². The molecule has 0 aromatic heterocycles. The summed E-state index contributed by atoms with van der Waals surface area (Å²) in [4.78, 5) is 12.8. The lowest BCUT2D eigenvalue weighted by Crippen LogP contribution is -2.53. The molecule has 2 fully saturated rings. The zero-order valence-electron chi connectivity index (χ0n) is 11.9. The number of benzene rings is 1. The van der Waals surface area contributed by atoms with Gasteiger partial charge >= 0.3 is 0 Å². The predicted molar refractivity (Wildman–Crippen MR) is 86.0 cm³/mol. The summed E-state index contributed by atoms with van der Waals surface area (Å²) in [7, 11) is 0. The van der Waals surface area contributed by atoms with Crippen molar-refractivity contribution in [2.45, 2.75) is 43.6 Å². The lowest BCUT2D eigenvalue weighted by Gasteiger charge is -2.42. The van der Waals surface area contributed by atoms with Gasteiger partial charge in [0.05, 0.1) is 15.5 Å². The molecule has 1 aliphatic carbocycles. The first-order chi connectivity index (χ1) is 10.1. The first kappa shape index (κ1) is 15.1. The van der Waals surface area contributed by atoms with Gasteiger partial charge in [-0.2, -0.15) is 0 Å². The van der Waals surface area contributed by atoms with Gasteiger partial charge in [-0.05, 0) is 56.5 Å². The standard InChI is InChI=1S/C16H20Cl2N2O/c17-13-3-2-11(10-14(13)18)16(6-1-7-16)15(21)20-12-4-8-19-9-5-12/h2-3,10,12,19H,1,4-9H2,(H,20,21). The summed E-state index contributed by atoms with van der Waals surface area (Å²) in [5, 5.41) is 7.61. The Labute approximate surface area is 135 Å². The summed E-state index contributed by atoms with van der Waals surface area (Å²) in [6.07, 6.45) is 4.87. The third-order valence-corrected chi connectivity index (χ3v) is 5.53. The fraction of sp³-hybridized carbons (Fsp3) is 0.562. The number of nitrogens with one attached hydrogen (secondary N) is 2. The Bertz CT molecular complexity index is 537. The van der Waals surface area contributed by atoms with Crippen LogP contribution in [-0.4, -0.2) is 25.0 Å². The van der Waals surface area contributed by atoms with Crippen molar-refractivity contribution in [2.75, 3.05) is 13.1 Å². The molecule has 0 unspecified atom stereocenters. The van der Waals surface area contributed by atoms with Gasteiger partial charge in [0.15, 0.2) is 0 Å². The number of rotatable bonds is 3. The molecule has 1 amide bonds. The quantitative estimate of drug-likeness (QED) is 0.894. The average molecular weight is 327 g/mol. The number of halogens is 2. The molecule has 0 spiro atoms. The molecule has 3 rings (SSSR count). The van der Waals surface area contributed by atoms with Gasteiger partial charge < -0.3 is 10.6 Å². The Balaban J connectivity index is 1.78. The van der Waals surface area contributed by atoms with Crippen molar-refractivity contribution in [1.29, 1.82) is 0 Å². The summed E-state index contributed by atoms with van der Waals surface area (Å²) in [5.74, 6) is 0.152. The molecule has 114 valence electrons. The van der Waals surface area contributed by atoms with Crippen LogP contribution in [0.5, 0.6) is 0 Å². The fourth-order valence-electron chi connectivity index (χ4n) is 3.26. The van der Waals surface area contributed by atoms with Crippen LogP contribution in [0.15, 0.2) is 18.2 Å². The maximum Gasteiger partial charge on any atom is 0.230 e. The number of piperidine rings is 1. The highest BCUT2D eigenvalue weighted by Gasteiger charge is 2.46. The first-order valence-electron chi connectivity index (χ1n) is 7.59. The molecule has 2 N–H and O–H groups in total. The van der Waals surface area contributed by atoms with Crippen molar-refractivity contribution in [3.8, 4) is 0 Å². The van der Waals surface area contributed by atoms with Crippen molar-refractivity contribution >= 4 is 29.1 Å². The molecule has 1 aliphatic heterocycles. The molecule has 2 aliphatic rings. The largest absolute Gasteiger partial charge is 0.353 e. The van der Waals surface area contributed by atoms with E-state index in [1.165, 1.54) is 0 Å². The lowest BCUT2D eigenvalue weighted by atomic mass is 9.63. The van der Waals surface area contributed by atoms with E-state index < -0.39 is 5.41 Å². The van der Waals surface area contributed by atoms with Crippen LogP contribution in [0, 0.1) is 0 Å². The van der Waals surface area contributed by atoms with Crippen molar-refractivity contribution in [2.24, 2.45) is 0 Å². The monoisotopic (exact) mass is 326 g/mol. The second kappa shape index (κ2) is 6.15. The number of amides is 1. The van der Waals surface area contributed by atoms with E-state index in [1.54, 1.807) is 6.07 Å². The zero-order valence-corrected chi connectivity index (χ0v) is 13.4. The van der Waals surface area contributed by atoms with Gasteiger partial charge in [-0.15, -0.1) is 0 Å². The van der Waals surface area contributed by atoms with Crippen LogP contribution in [0.2, 0.25) is 10.0 Å². The summed E-state index contributed by atoms with van der Waals surface area (Å²) < 4.78 is 0. The Kier molecular flexibility index (Phi) is 4.43. The fourth-order valence-corrected chi connectivity index (χ4v) is 3.56. The minimum atomic E-state index is -0.404. The minimum absolute atomic E-state index is 0.152. The number of carbonyl (C=O) groups excluding carboxylic acids is 1. The van der Waals surface area contributed by atoms with Gasteiger partial charge in [0.2, 0.25) is 5.91 Å². The summed E-state index contributed by atoms with van der Waals surface area (Å²) in [5.41, 5.74) is 0.591. The van der Waals surface area contributed by atoms with Gasteiger partial charge in [0, 0.05) is 6.04 Å². The summed E-state index contributed by atoms with van der Waals surface area (Å²) in [6, 6.07) is 5.87. The molecule has 1 aromatic rings. The third kappa shape index (κ3) is 2.92. The van der Waals surface area contributed by atoms with Gasteiger partial charge in [0.25, 0.3) is 0 Å². The molecule has 5 heteroatoms. The molecule has 1 saturated heterocycles. The Morgan fingerprint density at radius 3 is 2.48 bits per heavy atom. The molecule has 1 heterocycles. The lowest BCUT2D eigenvalue weighted by molar-refractivity contribution is -0.130. The van der Waals surface area contributed by atoms with E-state index in [0.29, 0.717) is 16.1 Å². The van der Waals surface area contributed by atoms with Crippen LogP contribution < -0.4 is 10.6 Å². The second-order valence-electron chi connectivity index (χ2n) is 6.06. The van der Waals surface area contributed by atoms with Gasteiger partial charge in [0.1, 0.15) is 0 Å². The molecule has 0 atom stereocenters. The van der Waals surface area contributed by atoms with Crippen LogP contribution in [0.4, 0.5) is 0 Å². The van der Waals surface area contributed by atoms with Crippen molar-refractivity contribution in [3.63, 3.8) is 0 Å². The Hall–Kier alpha value is -0.770. The third-order valence-electron chi connectivity index (χ3n) is 4.79. The average Bonchev–Trinajstić information content (AvgIpc) is 2.42. The van der Waals surface area contributed by atoms with E-state index >= 15 is 0 Å². The number of hydrogen-bond donors (Lipinski definition) is 2. The highest BCUT2D eigenvalue weighted by molar-refractivity contribution is 6.42. The van der Waals surface area contributed by atoms with Crippen LogP contribution >= 0.6 is 23.2 Å². The molecule has 0 bridgehead atoms. The minimum Gasteiger partial charge on any atom is -0.353 e. The van der Waals surface area contributed by atoms with E-state index in [9.17, 15) is 4.79 Å². The van der Waals surface area contributed by atoms with Crippen molar-refractivity contribution in [3.05, 3.63) is 33.8 Å². The maximum absolute atomic E-state index is 12.8. The highest BCUT2D eigenvalue weighted by atomic mass is 35.5. The molecular formula is C16H20Cl2N2O. The smallest absolute Gasteiger partial charge is 0.230 e. The van der Waals surface area contributed by atoms with Crippen LogP contribution in [0.1, 0.15) is 37.7 Å². The van der Waals surface area contributed by atoms with Gasteiger partial charge in [-0.3, -0.25) is 4.79 Å². The van der Waals surface area contributed by atoms with Crippen molar-refractivity contribution in [1.82, 2.24) is 10.6 Å². The predicted octanol–water partition coefficient (Wildman–Crippen LogP) is 3.28. The summed E-state index contributed by atoms with van der Waals surface area (Å²) in [6.45, 7) is 1.95. The topological polar surface area (TPSA) is 41.1 Å². The number of carbonyl (C=O) groups is 1.